The Morgan fingerprint density at radius 1 is 1.29 bits per heavy atom. The van der Waals surface area contributed by atoms with E-state index in [1.807, 2.05) is 6.07 Å². The van der Waals surface area contributed by atoms with Crippen molar-refractivity contribution in [1.82, 2.24) is 10.2 Å². The first-order valence-electron chi connectivity index (χ1n) is 8.15. The van der Waals surface area contributed by atoms with Crippen molar-refractivity contribution in [2.45, 2.75) is 39.2 Å². The van der Waals surface area contributed by atoms with Gasteiger partial charge in [-0.1, -0.05) is 51.1 Å². The fraction of sp³-hybridized carbons (Fsp3) is 0.667. The van der Waals surface area contributed by atoms with Gasteiger partial charge in [0.2, 0.25) is 0 Å². The van der Waals surface area contributed by atoms with E-state index >= 15 is 0 Å². The van der Waals surface area contributed by atoms with E-state index in [4.69, 9.17) is 0 Å². The minimum atomic E-state index is -0.358. The Morgan fingerprint density at radius 3 is 2.57 bits per heavy atom. The molecule has 2 rings (SSSR count). The number of likely N-dealkylation sites (tertiary alicyclic amines) is 1. The first-order chi connectivity index (χ1) is 10.0. The Morgan fingerprint density at radius 2 is 2.00 bits per heavy atom. The molecule has 0 spiro atoms. The maximum atomic E-state index is 10.1. The molecule has 118 valence electrons. The van der Waals surface area contributed by atoms with Crippen molar-refractivity contribution in [2.75, 3.05) is 32.8 Å². The van der Waals surface area contributed by atoms with Crippen molar-refractivity contribution in [2.24, 2.45) is 5.41 Å². The molecule has 0 radical (unpaired) electrons. The van der Waals surface area contributed by atoms with Gasteiger partial charge in [0.1, 0.15) is 0 Å². The summed E-state index contributed by atoms with van der Waals surface area (Å²) in [5.74, 6) is 0. The molecule has 1 aromatic carbocycles. The third-order valence-corrected chi connectivity index (χ3v) is 4.58. The molecule has 2 N–H and O–H groups in total. The molecule has 0 amide bonds. The molecule has 3 nitrogen and oxygen atoms in total. The number of hydrogen-bond donors (Lipinski definition) is 2. The van der Waals surface area contributed by atoms with E-state index in [2.05, 4.69) is 55.3 Å². The molecule has 1 aromatic rings. The fourth-order valence-electron chi connectivity index (χ4n) is 3.60. The normalized spacial score (nSPS) is 21.9. The molecule has 0 aromatic heterocycles. The van der Waals surface area contributed by atoms with Crippen LogP contribution in [-0.2, 0) is 5.54 Å². The number of rotatable bonds is 6. The second-order valence-electron chi connectivity index (χ2n) is 7.11. The van der Waals surface area contributed by atoms with E-state index in [1.165, 1.54) is 18.4 Å². The van der Waals surface area contributed by atoms with Crippen LogP contribution in [0.5, 0.6) is 0 Å². The monoisotopic (exact) mass is 290 g/mol. The zero-order valence-electron chi connectivity index (χ0n) is 13.7. The van der Waals surface area contributed by atoms with Crippen LogP contribution >= 0.6 is 0 Å². The molecule has 1 aliphatic heterocycles. The summed E-state index contributed by atoms with van der Waals surface area (Å²) in [5, 5.41) is 13.7. The smallest absolute Gasteiger partial charge is 0.0797 e. The van der Waals surface area contributed by atoms with Crippen molar-refractivity contribution < 1.29 is 5.11 Å². The molecule has 0 saturated carbocycles. The van der Waals surface area contributed by atoms with Gasteiger partial charge < -0.3 is 15.3 Å². The van der Waals surface area contributed by atoms with Crippen LogP contribution in [-0.4, -0.2) is 42.8 Å². The lowest BCUT2D eigenvalue weighted by Crippen LogP contribution is -2.56. The minimum Gasteiger partial charge on any atom is -0.394 e. The Labute approximate surface area is 129 Å². The van der Waals surface area contributed by atoms with Gasteiger partial charge in [0.05, 0.1) is 12.1 Å². The maximum absolute atomic E-state index is 10.1. The van der Waals surface area contributed by atoms with Crippen molar-refractivity contribution in [3.63, 3.8) is 0 Å². The molecule has 1 atom stereocenters. The van der Waals surface area contributed by atoms with Gasteiger partial charge in [-0.25, -0.2) is 0 Å². The van der Waals surface area contributed by atoms with Crippen LogP contribution in [0.25, 0.3) is 0 Å². The Hall–Kier alpha value is -0.900. The lowest BCUT2D eigenvalue weighted by atomic mass is 9.82. The first-order valence-corrected chi connectivity index (χ1v) is 8.15. The largest absolute Gasteiger partial charge is 0.394 e. The van der Waals surface area contributed by atoms with Gasteiger partial charge >= 0.3 is 0 Å². The van der Waals surface area contributed by atoms with Gasteiger partial charge in [0.25, 0.3) is 0 Å². The van der Waals surface area contributed by atoms with Gasteiger partial charge in [-0.15, -0.1) is 0 Å². The summed E-state index contributed by atoms with van der Waals surface area (Å²) in [4.78, 5) is 2.51. The third-order valence-electron chi connectivity index (χ3n) is 4.58. The zero-order valence-corrected chi connectivity index (χ0v) is 13.7. The number of nitrogens with zero attached hydrogens (tertiary/aromatic N) is 1. The lowest BCUT2D eigenvalue weighted by molar-refractivity contribution is 0.0579. The highest BCUT2D eigenvalue weighted by atomic mass is 16.3. The second-order valence-corrected chi connectivity index (χ2v) is 7.11. The van der Waals surface area contributed by atoms with E-state index in [0.717, 1.165) is 26.2 Å². The fourth-order valence-corrected chi connectivity index (χ4v) is 3.60. The summed E-state index contributed by atoms with van der Waals surface area (Å²) < 4.78 is 0. The average Bonchev–Trinajstić information content (AvgIpc) is 2.46. The van der Waals surface area contributed by atoms with Gasteiger partial charge in [0, 0.05) is 13.1 Å². The number of aliphatic hydroxyl groups is 1. The molecular formula is C18H30N2O. The van der Waals surface area contributed by atoms with E-state index < -0.39 is 0 Å². The molecule has 1 fully saturated rings. The maximum Gasteiger partial charge on any atom is 0.0797 e. The Balaban J connectivity index is 2.20. The molecule has 21 heavy (non-hydrogen) atoms. The topological polar surface area (TPSA) is 35.5 Å². The predicted octanol–water partition coefficient (Wildman–Crippen LogP) is 2.61. The molecule has 1 heterocycles. The molecular weight excluding hydrogens is 260 g/mol. The van der Waals surface area contributed by atoms with Crippen molar-refractivity contribution in [3.8, 4) is 0 Å². The molecule has 1 unspecified atom stereocenters. The second kappa shape index (κ2) is 6.91. The lowest BCUT2D eigenvalue weighted by Gasteiger charge is -2.44. The summed E-state index contributed by atoms with van der Waals surface area (Å²) in [7, 11) is 0. The molecule has 1 saturated heterocycles. The number of hydrogen-bond acceptors (Lipinski definition) is 3. The standard InChI is InChI=1S/C18H30N2O/c1-4-19-18(15-21,16-9-6-5-7-10-16)14-20-12-8-11-17(2,3)13-20/h5-7,9-10,19,21H,4,8,11-15H2,1-3H3. The van der Waals surface area contributed by atoms with E-state index in [1.54, 1.807) is 0 Å². The summed E-state index contributed by atoms with van der Waals surface area (Å²) >= 11 is 0. The van der Waals surface area contributed by atoms with Crippen LogP contribution < -0.4 is 5.32 Å². The quantitative estimate of drug-likeness (QED) is 0.845. The molecule has 3 heteroatoms. The van der Waals surface area contributed by atoms with Crippen LogP contribution in [0, 0.1) is 5.41 Å². The van der Waals surface area contributed by atoms with Gasteiger partial charge in [0.15, 0.2) is 0 Å². The summed E-state index contributed by atoms with van der Waals surface area (Å²) in [6.45, 7) is 10.9. The number of nitrogens with one attached hydrogen (secondary N) is 1. The van der Waals surface area contributed by atoms with E-state index in [-0.39, 0.29) is 12.1 Å². The highest BCUT2D eigenvalue weighted by Crippen LogP contribution is 2.31. The van der Waals surface area contributed by atoms with Crippen LogP contribution in [0.2, 0.25) is 0 Å². The SMILES string of the molecule is CCNC(CO)(CN1CCCC(C)(C)C1)c1ccccc1. The summed E-state index contributed by atoms with van der Waals surface area (Å²) in [5.41, 5.74) is 1.20. The number of benzene rings is 1. The van der Waals surface area contributed by atoms with Crippen LogP contribution in [0.15, 0.2) is 30.3 Å². The first kappa shape index (κ1) is 16.5. The van der Waals surface area contributed by atoms with Gasteiger partial charge in [-0.2, -0.15) is 0 Å². The van der Waals surface area contributed by atoms with Gasteiger partial charge in [-0.05, 0) is 36.9 Å². The van der Waals surface area contributed by atoms with Gasteiger partial charge in [-0.3, -0.25) is 0 Å². The number of likely N-dealkylation sites (N-methyl/N-ethyl adjacent to an activating group) is 1. The molecule has 0 bridgehead atoms. The van der Waals surface area contributed by atoms with E-state index in [9.17, 15) is 5.11 Å². The van der Waals surface area contributed by atoms with Crippen LogP contribution in [0.1, 0.15) is 39.2 Å². The van der Waals surface area contributed by atoms with Crippen LogP contribution in [0.4, 0.5) is 0 Å². The highest BCUT2D eigenvalue weighted by molar-refractivity contribution is 5.25. The van der Waals surface area contributed by atoms with E-state index in [0.29, 0.717) is 5.41 Å². The average molecular weight is 290 g/mol. The van der Waals surface area contributed by atoms with Crippen LogP contribution in [0.3, 0.4) is 0 Å². The summed E-state index contributed by atoms with van der Waals surface area (Å²) in [6.07, 6.45) is 2.54. The Kier molecular flexibility index (Phi) is 5.42. The highest BCUT2D eigenvalue weighted by Gasteiger charge is 2.35. The molecule has 1 aliphatic rings. The number of aliphatic hydroxyl groups excluding tert-OH is 1. The van der Waals surface area contributed by atoms with Crippen molar-refractivity contribution in [3.05, 3.63) is 35.9 Å². The van der Waals surface area contributed by atoms with Crippen molar-refractivity contribution >= 4 is 0 Å². The predicted molar refractivity (Wildman–Crippen MR) is 88.3 cm³/mol. The minimum absolute atomic E-state index is 0.127. The zero-order chi connectivity index (χ0) is 15.3. The molecule has 0 aliphatic carbocycles. The Bertz CT molecular complexity index is 432. The van der Waals surface area contributed by atoms with Crippen molar-refractivity contribution in [1.29, 1.82) is 0 Å². The third kappa shape index (κ3) is 4.06. The summed E-state index contributed by atoms with van der Waals surface area (Å²) in [6, 6.07) is 10.4. The number of piperidine rings is 1.